The molecule has 6 heteroatoms. The van der Waals surface area contributed by atoms with Gasteiger partial charge >= 0.3 is 0 Å². The van der Waals surface area contributed by atoms with E-state index in [1.807, 2.05) is 17.0 Å². The lowest BCUT2D eigenvalue weighted by Crippen LogP contribution is -2.40. The van der Waals surface area contributed by atoms with Gasteiger partial charge in [0.15, 0.2) is 5.96 Å². The molecular formula is C25H33IN4O. The van der Waals surface area contributed by atoms with Gasteiger partial charge in [0, 0.05) is 51.6 Å². The van der Waals surface area contributed by atoms with Crippen LogP contribution in [0, 0.1) is 0 Å². The summed E-state index contributed by atoms with van der Waals surface area (Å²) in [6.07, 6.45) is 2.50. The minimum absolute atomic E-state index is 0. The van der Waals surface area contributed by atoms with Crippen LogP contribution in [-0.2, 0) is 17.9 Å². The molecule has 1 unspecified atom stereocenters. The van der Waals surface area contributed by atoms with Crippen LogP contribution in [0.3, 0.4) is 0 Å². The number of halogens is 1. The van der Waals surface area contributed by atoms with Crippen molar-refractivity contribution >= 4 is 35.8 Å². The summed E-state index contributed by atoms with van der Waals surface area (Å²) < 4.78 is 0. The first-order chi connectivity index (χ1) is 14.7. The Bertz CT molecular complexity index is 861. The van der Waals surface area contributed by atoms with Crippen molar-refractivity contribution in [3.63, 3.8) is 0 Å². The van der Waals surface area contributed by atoms with Crippen molar-refractivity contribution in [3.8, 4) is 0 Å². The minimum Gasteiger partial charge on any atom is -0.357 e. The van der Waals surface area contributed by atoms with Gasteiger partial charge in [-0.3, -0.25) is 9.79 Å². The molecule has 1 amide bonds. The second-order valence-electron chi connectivity index (χ2n) is 8.20. The van der Waals surface area contributed by atoms with Gasteiger partial charge in [-0.05, 0) is 36.5 Å². The average molecular weight is 532 g/mol. The van der Waals surface area contributed by atoms with Crippen LogP contribution in [-0.4, -0.2) is 47.8 Å². The van der Waals surface area contributed by atoms with Crippen molar-refractivity contribution in [2.45, 2.75) is 45.2 Å². The summed E-state index contributed by atoms with van der Waals surface area (Å²) in [6.45, 7) is 7.16. The summed E-state index contributed by atoms with van der Waals surface area (Å²) in [7, 11) is 0. The molecule has 31 heavy (non-hydrogen) atoms. The molecule has 1 atom stereocenters. The molecule has 1 fully saturated rings. The maximum absolute atomic E-state index is 12.6. The molecule has 2 heterocycles. The summed E-state index contributed by atoms with van der Waals surface area (Å²) in [5, 5.41) is 3.43. The fraction of sp³-hybridized carbons (Fsp3) is 0.440. The Morgan fingerprint density at radius 3 is 2.39 bits per heavy atom. The molecular weight excluding hydrogens is 499 g/mol. The largest absolute Gasteiger partial charge is 0.357 e. The van der Waals surface area contributed by atoms with Crippen LogP contribution in [0.4, 0.5) is 0 Å². The van der Waals surface area contributed by atoms with E-state index < -0.39 is 0 Å². The fourth-order valence-corrected chi connectivity index (χ4v) is 4.46. The van der Waals surface area contributed by atoms with Crippen molar-refractivity contribution in [2.75, 3.05) is 26.2 Å². The maximum atomic E-state index is 12.6. The molecule has 1 N–H and O–H groups in total. The molecule has 0 aromatic heterocycles. The molecule has 0 saturated carbocycles. The Morgan fingerprint density at radius 1 is 1.03 bits per heavy atom. The van der Waals surface area contributed by atoms with Gasteiger partial charge < -0.3 is 15.1 Å². The average Bonchev–Trinajstić information content (AvgIpc) is 3.44. The number of likely N-dealkylation sites (tertiary alicyclic amines) is 1. The monoisotopic (exact) mass is 532 g/mol. The maximum Gasteiger partial charge on any atom is 0.223 e. The van der Waals surface area contributed by atoms with Gasteiger partial charge in [-0.1, -0.05) is 54.6 Å². The third-order valence-corrected chi connectivity index (χ3v) is 6.10. The summed E-state index contributed by atoms with van der Waals surface area (Å²) in [5.41, 5.74) is 3.97. The fourth-order valence-electron chi connectivity index (χ4n) is 4.46. The zero-order valence-corrected chi connectivity index (χ0v) is 20.6. The van der Waals surface area contributed by atoms with E-state index >= 15 is 0 Å². The highest BCUT2D eigenvalue weighted by atomic mass is 127. The Labute approximate surface area is 202 Å². The molecule has 5 nitrogen and oxygen atoms in total. The number of benzene rings is 2. The van der Waals surface area contributed by atoms with Crippen molar-refractivity contribution in [1.82, 2.24) is 15.1 Å². The van der Waals surface area contributed by atoms with Crippen molar-refractivity contribution in [2.24, 2.45) is 4.99 Å². The molecule has 0 bridgehead atoms. The predicted octanol–water partition coefficient (Wildman–Crippen LogP) is 4.38. The first-order valence-corrected chi connectivity index (χ1v) is 11.2. The van der Waals surface area contributed by atoms with E-state index in [1.54, 1.807) is 0 Å². The molecule has 2 aliphatic heterocycles. The SMILES string of the molecule is CCNC(=NCCCC(=O)N1Cc2ccccc2C1)N1CCC(c2ccccc2)C1.I. The van der Waals surface area contributed by atoms with E-state index in [1.165, 1.54) is 16.7 Å². The second kappa shape index (κ2) is 11.5. The van der Waals surface area contributed by atoms with E-state index in [-0.39, 0.29) is 29.9 Å². The van der Waals surface area contributed by atoms with Gasteiger partial charge in [-0.2, -0.15) is 0 Å². The van der Waals surface area contributed by atoms with Crippen LogP contribution in [0.25, 0.3) is 0 Å². The van der Waals surface area contributed by atoms with Gasteiger partial charge in [0.05, 0.1) is 0 Å². The molecule has 166 valence electrons. The minimum atomic E-state index is 0. The first kappa shape index (κ1) is 23.6. The van der Waals surface area contributed by atoms with E-state index in [4.69, 9.17) is 4.99 Å². The molecule has 4 rings (SSSR count). The van der Waals surface area contributed by atoms with Crippen LogP contribution in [0.15, 0.2) is 59.6 Å². The summed E-state index contributed by atoms with van der Waals surface area (Å²) >= 11 is 0. The number of carbonyl (C=O) groups is 1. The van der Waals surface area contributed by atoms with Crippen LogP contribution in [0.2, 0.25) is 0 Å². The highest BCUT2D eigenvalue weighted by molar-refractivity contribution is 14.0. The molecule has 0 aliphatic carbocycles. The van der Waals surface area contributed by atoms with Gasteiger partial charge in [-0.25, -0.2) is 0 Å². The zero-order valence-electron chi connectivity index (χ0n) is 18.3. The van der Waals surface area contributed by atoms with Crippen LogP contribution in [0.1, 0.15) is 48.8 Å². The topological polar surface area (TPSA) is 47.9 Å². The number of hydrogen-bond donors (Lipinski definition) is 1. The number of hydrogen-bond acceptors (Lipinski definition) is 2. The predicted molar refractivity (Wildman–Crippen MR) is 137 cm³/mol. The molecule has 2 aliphatic rings. The van der Waals surface area contributed by atoms with Crippen LogP contribution >= 0.6 is 24.0 Å². The van der Waals surface area contributed by atoms with Crippen LogP contribution in [0.5, 0.6) is 0 Å². The number of nitrogens with zero attached hydrogens (tertiary/aromatic N) is 3. The summed E-state index contributed by atoms with van der Waals surface area (Å²) in [6, 6.07) is 19.1. The van der Waals surface area contributed by atoms with Crippen LogP contribution < -0.4 is 5.32 Å². The quantitative estimate of drug-likeness (QED) is 0.260. The number of carbonyl (C=O) groups excluding carboxylic acids is 1. The number of nitrogens with one attached hydrogen (secondary N) is 1. The lowest BCUT2D eigenvalue weighted by molar-refractivity contribution is -0.131. The molecule has 0 spiro atoms. The van der Waals surface area contributed by atoms with E-state index in [9.17, 15) is 4.79 Å². The number of rotatable bonds is 6. The third kappa shape index (κ3) is 5.99. The molecule has 0 radical (unpaired) electrons. The summed E-state index contributed by atoms with van der Waals surface area (Å²) in [4.78, 5) is 21.7. The van der Waals surface area contributed by atoms with Gasteiger partial charge in [-0.15, -0.1) is 24.0 Å². The first-order valence-electron chi connectivity index (χ1n) is 11.2. The zero-order chi connectivity index (χ0) is 20.8. The molecule has 2 aromatic carbocycles. The molecule has 2 aromatic rings. The number of guanidine groups is 1. The highest BCUT2D eigenvalue weighted by Gasteiger charge is 2.26. The Morgan fingerprint density at radius 2 is 1.71 bits per heavy atom. The van der Waals surface area contributed by atoms with Crippen molar-refractivity contribution in [1.29, 1.82) is 0 Å². The number of amides is 1. The molecule has 1 saturated heterocycles. The summed E-state index contributed by atoms with van der Waals surface area (Å²) in [5.74, 6) is 1.78. The lowest BCUT2D eigenvalue weighted by Gasteiger charge is -2.22. The highest BCUT2D eigenvalue weighted by Crippen LogP contribution is 2.27. The standard InChI is InChI=1S/C25H32N4O.HI/c1-2-26-25(28-16-14-23(17-28)20-9-4-3-5-10-20)27-15-8-13-24(30)29-18-21-11-6-7-12-22(21)19-29;/h3-7,9-12,23H,2,8,13-19H2,1H3,(H,26,27);1H. The smallest absolute Gasteiger partial charge is 0.223 e. The van der Waals surface area contributed by atoms with Gasteiger partial charge in [0.1, 0.15) is 0 Å². The normalized spacial score (nSPS) is 18.0. The van der Waals surface area contributed by atoms with Crippen molar-refractivity contribution in [3.05, 3.63) is 71.3 Å². The van der Waals surface area contributed by atoms with Gasteiger partial charge in [0.25, 0.3) is 0 Å². The number of aliphatic imine (C=N–C) groups is 1. The lowest BCUT2D eigenvalue weighted by atomic mass is 9.99. The Kier molecular flexibility index (Phi) is 8.75. The second-order valence-corrected chi connectivity index (χ2v) is 8.20. The van der Waals surface area contributed by atoms with Gasteiger partial charge in [0.2, 0.25) is 5.91 Å². The number of fused-ring (bicyclic) bond motifs is 1. The Balaban J connectivity index is 0.00000272. The third-order valence-electron chi connectivity index (χ3n) is 6.10. The van der Waals surface area contributed by atoms with E-state index in [0.29, 0.717) is 18.9 Å². The van der Waals surface area contributed by atoms with Crippen molar-refractivity contribution < 1.29 is 4.79 Å². The van der Waals surface area contributed by atoms with E-state index in [0.717, 1.165) is 51.5 Å². The van der Waals surface area contributed by atoms with E-state index in [2.05, 4.69) is 59.6 Å². The Hall–Kier alpha value is -2.09.